The van der Waals surface area contributed by atoms with Gasteiger partial charge in [0, 0.05) is 12.1 Å². The lowest BCUT2D eigenvalue weighted by Crippen LogP contribution is -2.14. The zero-order valence-electron chi connectivity index (χ0n) is 17.8. The Labute approximate surface area is 190 Å². The van der Waals surface area contributed by atoms with Gasteiger partial charge in [-0.3, -0.25) is 9.52 Å². The monoisotopic (exact) mass is 470 g/mol. The predicted molar refractivity (Wildman–Crippen MR) is 124 cm³/mol. The molecule has 1 amide bonds. The molecule has 1 aromatic heterocycles. The van der Waals surface area contributed by atoms with E-state index in [1.165, 1.54) is 24.5 Å². The Morgan fingerprint density at radius 3 is 2.56 bits per heavy atom. The van der Waals surface area contributed by atoms with Crippen LogP contribution in [0, 0.1) is 18.3 Å². The van der Waals surface area contributed by atoms with Crippen molar-refractivity contribution < 1.29 is 17.9 Å². The van der Waals surface area contributed by atoms with E-state index in [2.05, 4.69) is 21.1 Å². The van der Waals surface area contributed by atoms with Crippen LogP contribution in [0.3, 0.4) is 0 Å². The first-order chi connectivity index (χ1) is 15.3. The lowest BCUT2D eigenvalue weighted by Gasteiger charge is -2.13. The average Bonchev–Trinajstić information content (AvgIpc) is 3.14. The van der Waals surface area contributed by atoms with Crippen molar-refractivity contribution in [1.29, 1.82) is 5.26 Å². The van der Waals surface area contributed by atoms with Crippen molar-refractivity contribution in [2.24, 2.45) is 0 Å². The standard InChI is InChI=1S/C22H22N4O4S2/c1-4-20(27)25-22-24-14(2)21(31-22)16-7-10-18(30-3)19(13-16)32(28,29)26-17-8-5-15(6-9-17)11-12-23/h5-10,13,26H,4,11H2,1-3H3,(H,24,25,27). The summed E-state index contributed by atoms with van der Waals surface area (Å²) in [6.45, 7) is 3.55. The van der Waals surface area contributed by atoms with Crippen LogP contribution < -0.4 is 14.8 Å². The molecule has 3 rings (SSSR count). The topological polar surface area (TPSA) is 121 Å². The van der Waals surface area contributed by atoms with Gasteiger partial charge in [0.15, 0.2) is 5.13 Å². The molecule has 1 heterocycles. The molecule has 0 bridgehead atoms. The highest BCUT2D eigenvalue weighted by atomic mass is 32.2. The Morgan fingerprint density at radius 2 is 1.94 bits per heavy atom. The normalized spacial score (nSPS) is 10.9. The van der Waals surface area contributed by atoms with Crippen LogP contribution >= 0.6 is 11.3 Å². The minimum atomic E-state index is -3.97. The Hall–Kier alpha value is -3.42. The first kappa shape index (κ1) is 23.2. The van der Waals surface area contributed by atoms with Crippen molar-refractivity contribution in [1.82, 2.24) is 4.98 Å². The van der Waals surface area contributed by atoms with Gasteiger partial charge in [-0.25, -0.2) is 13.4 Å². The van der Waals surface area contributed by atoms with Crippen molar-refractivity contribution >= 4 is 38.1 Å². The number of carbonyl (C=O) groups excluding carboxylic acids is 1. The van der Waals surface area contributed by atoms with Gasteiger partial charge in [0.25, 0.3) is 10.0 Å². The molecule has 0 spiro atoms. The zero-order chi connectivity index (χ0) is 23.3. The second-order valence-electron chi connectivity index (χ2n) is 6.84. The van der Waals surface area contributed by atoms with Crippen molar-refractivity contribution in [3.63, 3.8) is 0 Å². The van der Waals surface area contributed by atoms with Crippen LogP contribution in [-0.4, -0.2) is 26.4 Å². The van der Waals surface area contributed by atoms with Gasteiger partial charge in [-0.2, -0.15) is 5.26 Å². The second-order valence-corrected chi connectivity index (χ2v) is 9.49. The molecule has 10 heteroatoms. The van der Waals surface area contributed by atoms with Gasteiger partial charge < -0.3 is 10.1 Å². The summed E-state index contributed by atoms with van der Waals surface area (Å²) in [5.74, 6) is 0.0531. The lowest BCUT2D eigenvalue weighted by atomic mass is 10.1. The van der Waals surface area contributed by atoms with Crippen LogP contribution in [0.4, 0.5) is 10.8 Å². The number of ether oxygens (including phenoxy) is 1. The van der Waals surface area contributed by atoms with Crippen molar-refractivity contribution in [2.75, 3.05) is 17.1 Å². The first-order valence-electron chi connectivity index (χ1n) is 9.71. The van der Waals surface area contributed by atoms with Gasteiger partial charge in [0.2, 0.25) is 5.91 Å². The van der Waals surface area contributed by atoms with E-state index < -0.39 is 10.0 Å². The van der Waals surface area contributed by atoms with E-state index in [1.807, 2.05) is 0 Å². The highest BCUT2D eigenvalue weighted by Gasteiger charge is 2.22. The molecule has 2 N–H and O–H groups in total. The number of aryl methyl sites for hydroxylation is 1. The van der Waals surface area contributed by atoms with Crippen LogP contribution in [-0.2, 0) is 21.2 Å². The number of methoxy groups -OCH3 is 1. The summed E-state index contributed by atoms with van der Waals surface area (Å²) in [4.78, 5) is 16.8. The van der Waals surface area contributed by atoms with Crippen molar-refractivity contribution in [3.05, 3.63) is 53.7 Å². The molecule has 0 unspecified atom stereocenters. The number of anilines is 2. The molecule has 0 saturated heterocycles. The highest BCUT2D eigenvalue weighted by Crippen LogP contribution is 2.37. The summed E-state index contributed by atoms with van der Waals surface area (Å²) in [5.41, 5.74) is 2.48. The number of nitrogens with one attached hydrogen (secondary N) is 2. The number of sulfonamides is 1. The molecule has 0 saturated carbocycles. The Morgan fingerprint density at radius 1 is 1.22 bits per heavy atom. The summed E-state index contributed by atoms with van der Waals surface area (Å²) in [5, 5.41) is 12.0. The number of rotatable bonds is 8. The summed E-state index contributed by atoms with van der Waals surface area (Å²) in [6, 6.07) is 13.5. The zero-order valence-corrected chi connectivity index (χ0v) is 19.4. The number of thiazole rings is 1. The number of nitrogens with zero attached hydrogens (tertiary/aromatic N) is 2. The van der Waals surface area contributed by atoms with E-state index in [0.717, 1.165) is 10.4 Å². The molecule has 166 valence electrons. The third-order valence-electron chi connectivity index (χ3n) is 4.57. The molecule has 32 heavy (non-hydrogen) atoms. The minimum absolute atomic E-state index is 0.0226. The molecule has 0 aliphatic heterocycles. The number of hydrogen-bond donors (Lipinski definition) is 2. The molecule has 8 nitrogen and oxygen atoms in total. The Kier molecular flexibility index (Phi) is 7.12. The quantitative estimate of drug-likeness (QED) is 0.505. The Balaban J connectivity index is 1.95. The largest absolute Gasteiger partial charge is 0.495 e. The summed E-state index contributed by atoms with van der Waals surface area (Å²) < 4.78 is 34.1. The molecule has 0 atom stereocenters. The summed E-state index contributed by atoms with van der Waals surface area (Å²) in [7, 11) is -2.56. The average molecular weight is 471 g/mol. The summed E-state index contributed by atoms with van der Waals surface area (Å²) >= 11 is 1.27. The number of carbonyl (C=O) groups is 1. The van der Waals surface area contributed by atoms with Crippen LogP contribution in [0.5, 0.6) is 5.75 Å². The van der Waals surface area contributed by atoms with E-state index in [1.54, 1.807) is 50.2 Å². The van der Waals surface area contributed by atoms with E-state index >= 15 is 0 Å². The second kappa shape index (κ2) is 9.80. The summed E-state index contributed by atoms with van der Waals surface area (Å²) in [6.07, 6.45) is 0.583. The maximum Gasteiger partial charge on any atom is 0.265 e. The maximum atomic E-state index is 13.1. The van der Waals surface area contributed by atoms with Crippen LogP contribution in [0.1, 0.15) is 24.6 Å². The van der Waals surface area contributed by atoms with Gasteiger partial charge in [-0.05, 0) is 48.4 Å². The number of aromatic nitrogens is 1. The van der Waals surface area contributed by atoms with Gasteiger partial charge in [0.05, 0.1) is 30.2 Å². The fourth-order valence-electron chi connectivity index (χ4n) is 2.95. The fraction of sp³-hybridized carbons (Fsp3) is 0.227. The fourth-order valence-corrected chi connectivity index (χ4v) is 5.18. The SMILES string of the molecule is CCC(=O)Nc1nc(C)c(-c2ccc(OC)c(S(=O)(=O)Nc3ccc(CC#N)cc3)c2)s1. The molecular formula is C22H22N4O4S2. The number of amides is 1. The molecule has 2 aromatic carbocycles. The van der Waals surface area contributed by atoms with Crippen molar-refractivity contribution in [3.8, 4) is 22.3 Å². The van der Waals surface area contributed by atoms with Gasteiger partial charge >= 0.3 is 0 Å². The number of hydrogen-bond acceptors (Lipinski definition) is 7. The van der Waals surface area contributed by atoms with Crippen LogP contribution in [0.15, 0.2) is 47.4 Å². The lowest BCUT2D eigenvalue weighted by molar-refractivity contribution is -0.115. The van der Waals surface area contributed by atoms with Crippen LogP contribution in [0.25, 0.3) is 10.4 Å². The Bertz CT molecular complexity index is 1280. The van der Waals surface area contributed by atoms with Crippen LogP contribution in [0.2, 0.25) is 0 Å². The van der Waals surface area contributed by atoms with Gasteiger partial charge in [-0.1, -0.05) is 30.4 Å². The van der Waals surface area contributed by atoms with Crippen molar-refractivity contribution in [2.45, 2.75) is 31.6 Å². The molecular weight excluding hydrogens is 448 g/mol. The molecule has 3 aromatic rings. The predicted octanol–water partition coefficient (Wildman–Crippen LogP) is 4.34. The highest BCUT2D eigenvalue weighted by molar-refractivity contribution is 7.92. The molecule has 0 fully saturated rings. The third-order valence-corrected chi connectivity index (χ3v) is 7.09. The molecule has 0 radical (unpaired) electrons. The van der Waals surface area contributed by atoms with E-state index in [-0.39, 0.29) is 23.0 Å². The van der Waals surface area contributed by atoms with E-state index in [9.17, 15) is 13.2 Å². The maximum absolute atomic E-state index is 13.1. The molecule has 0 aliphatic rings. The smallest absolute Gasteiger partial charge is 0.265 e. The van der Waals surface area contributed by atoms with Gasteiger partial charge in [-0.15, -0.1) is 0 Å². The minimum Gasteiger partial charge on any atom is -0.495 e. The third kappa shape index (κ3) is 5.25. The number of benzene rings is 2. The number of nitriles is 1. The molecule has 0 aliphatic carbocycles. The van der Waals surface area contributed by atoms with E-state index in [0.29, 0.717) is 28.5 Å². The van der Waals surface area contributed by atoms with Gasteiger partial charge in [0.1, 0.15) is 10.6 Å². The van der Waals surface area contributed by atoms with E-state index in [4.69, 9.17) is 10.00 Å². The first-order valence-corrected chi connectivity index (χ1v) is 12.0.